The summed E-state index contributed by atoms with van der Waals surface area (Å²) in [6.45, 7) is 5.99. The molecule has 1 aliphatic heterocycles. The topological polar surface area (TPSA) is 53.5 Å². The van der Waals surface area contributed by atoms with E-state index in [0.29, 0.717) is 6.04 Å². The van der Waals surface area contributed by atoms with Crippen molar-refractivity contribution in [3.63, 3.8) is 0 Å². The molecule has 6 heteroatoms. The summed E-state index contributed by atoms with van der Waals surface area (Å²) in [5, 5.41) is 14.9. The van der Waals surface area contributed by atoms with Crippen LogP contribution in [0.5, 0.6) is 5.75 Å². The minimum absolute atomic E-state index is 0.391. The van der Waals surface area contributed by atoms with E-state index in [4.69, 9.17) is 4.74 Å². The Morgan fingerprint density at radius 2 is 1.82 bits per heavy atom. The number of methoxy groups -OCH3 is 1. The minimum atomic E-state index is 0.391. The summed E-state index contributed by atoms with van der Waals surface area (Å²) in [5.74, 6) is 8.12. The monoisotopic (exact) mass is 457 g/mol. The Morgan fingerprint density at radius 1 is 1.06 bits per heavy atom. The van der Waals surface area contributed by atoms with Crippen LogP contribution in [-0.4, -0.2) is 66.9 Å². The number of rotatable bonds is 7. The van der Waals surface area contributed by atoms with Crippen LogP contribution in [0.4, 0.5) is 5.82 Å². The lowest BCUT2D eigenvalue weighted by Gasteiger charge is -2.32. The number of aryl methyl sites for hydroxylation is 1. The van der Waals surface area contributed by atoms with Gasteiger partial charge in [0, 0.05) is 42.0 Å². The third-order valence-corrected chi connectivity index (χ3v) is 6.31. The molecule has 0 radical (unpaired) electrons. The molecule has 34 heavy (non-hydrogen) atoms. The minimum Gasteiger partial charge on any atom is -0.497 e. The Hall–Kier alpha value is -3.14. The van der Waals surface area contributed by atoms with Gasteiger partial charge in [0.15, 0.2) is 5.82 Å². The van der Waals surface area contributed by atoms with Crippen LogP contribution < -0.4 is 10.1 Å². The van der Waals surface area contributed by atoms with Gasteiger partial charge in [-0.15, -0.1) is 5.10 Å². The molecule has 178 valence electrons. The van der Waals surface area contributed by atoms with E-state index < -0.39 is 0 Å². The maximum Gasteiger partial charge on any atom is 0.156 e. The van der Waals surface area contributed by atoms with Gasteiger partial charge in [-0.1, -0.05) is 30.9 Å². The Morgan fingerprint density at radius 3 is 2.50 bits per heavy atom. The van der Waals surface area contributed by atoms with Gasteiger partial charge in [0.2, 0.25) is 0 Å². The number of hydrogen-bond donors (Lipinski definition) is 1. The van der Waals surface area contributed by atoms with Gasteiger partial charge >= 0.3 is 0 Å². The number of nitrogens with zero attached hydrogens (tertiary/aromatic N) is 4. The van der Waals surface area contributed by atoms with Gasteiger partial charge in [0.05, 0.1) is 19.3 Å². The Bertz CT molecular complexity index is 1160. The highest BCUT2D eigenvalue weighted by Crippen LogP contribution is 2.29. The van der Waals surface area contributed by atoms with Crippen LogP contribution in [0.1, 0.15) is 36.6 Å². The fourth-order valence-corrected chi connectivity index (χ4v) is 4.36. The molecule has 4 rings (SSSR count). The zero-order chi connectivity index (χ0) is 23.9. The third-order valence-electron chi connectivity index (χ3n) is 6.31. The van der Waals surface area contributed by atoms with Crippen LogP contribution in [0.3, 0.4) is 0 Å². The fraction of sp³-hybridized carbons (Fsp3) is 0.429. The fourth-order valence-electron chi connectivity index (χ4n) is 4.36. The highest BCUT2D eigenvalue weighted by atomic mass is 16.5. The van der Waals surface area contributed by atoms with Crippen LogP contribution in [0, 0.1) is 11.8 Å². The number of aromatic nitrogens is 2. The molecule has 1 N–H and O–H groups in total. The van der Waals surface area contributed by atoms with Gasteiger partial charge in [0.25, 0.3) is 0 Å². The summed E-state index contributed by atoms with van der Waals surface area (Å²) in [6, 6.07) is 15.2. The van der Waals surface area contributed by atoms with Crippen molar-refractivity contribution in [3.05, 3.63) is 59.3 Å². The first-order valence-electron chi connectivity index (χ1n) is 12.1. The summed E-state index contributed by atoms with van der Waals surface area (Å²) in [4.78, 5) is 4.60. The smallest absolute Gasteiger partial charge is 0.156 e. The molecule has 2 heterocycles. The van der Waals surface area contributed by atoms with Crippen molar-refractivity contribution in [2.24, 2.45) is 0 Å². The molecule has 0 bridgehead atoms. The highest BCUT2D eigenvalue weighted by Gasteiger charge is 2.21. The van der Waals surface area contributed by atoms with Crippen molar-refractivity contribution in [1.29, 1.82) is 0 Å². The summed E-state index contributed by atoms with van der Waals surface area (Å²) >= 11 is 0. The standard InChI is InChI=1S/C28H35N5O/c1-5-27-25-13-12-24(34-4)19-26(25)28(31-30-27)29-23-14-17-33(18-15-23)20-22-10-8-21(9-11-22)7-6-16-32(2)3/h8-13,19,23H,5,14-18,20H2,1-4H3,(H,29,31). The van der Waals surface area contributed by atoms with Crippen molar-refractivity contribution in [2.45, 2.75) is 38.8 Å². The molecular weight excluding hydrogens is 422 g/mol. The second kappa shape index (κ2) is 11.3. The van der Waals surface area contributed by atoms with Gasteiger partial charge in [-0.2, -0.15) is 5.10 Å². The van der Waals surface area contributed by atoms with Crippen LogP contribution in [0.15, 0.2) is 42.5 Å². The van der Waals surface area contributed by atoms with Crippen LogP contribution in [0.25, 0.3) is 10.8 Å². The normalized spacial score (nSPS) is 14.7. The lowest BCUT2D eigenvalue weighted by Crippen LogP contribution is -2.38. The highest BCUT2D eigenvalue weighted by molar-refractivity contribution is 5.94. The van der Waals surface area contributed by atoms with E-state index in [1.54, 1.807) is 7.11 Å². The molecule has 0 unspecified atom stereocenters. The number of hydrogen-bond acceptors (Lipinski definition) is 6. The molecule has 3 aromatic rings. The first kappa shape index (κ1) is 24.0. The summed E-state index contributed by atoms with van der Waals surface area (Å²) in [5.41, 5.74) is 3.43. The van der Waals surface area contributed by atoms with Gasteiger partial charge < -0.3 is 10.1 Å². The van der Waals surface area contributed by atoms with E-state index in [2.05, 4.69) is 80.5 Å². The van der Waals surface area contributed by atoms with Crippen molar-refractivity contribution < 1.29 is 4.74 Å². The first-order valence-corrected chi connectivity index (χ1v) is 12.1. The van der Waals surface area contributed by atoms with Gasteiger partial charge in [-0.25, -0.2) is 0 Å². The number of likely N-dealkylation sites (tertiary alicyclic amines) is 1. The summed E-state index contributed by atoms with van der Waals surface area (Å²) in [7, 11) is 5.77. The van der Waals surface area contributed by atoms with E-state index in [0.717, 1.165) is 79.0 Å². The number of benzene rings is 2. The third kappa shape index (κ3) is 6.05. The van der Waals surface area contributed by atoms with Crippen LogP contribution in [-0.2, 0) is 13.0 Å². The van der Waals surface area contributed by atoms with Crippen LogP contribution in [0.2, 0.25) is 0 Å². The van der Waals surface area contributed by atoms with Crippen LogP contribution >= 0.6 is 0 Å². The lowest BCUT2D eigenvalue weighted by molar-refractivity contribution is 0.211. The zero-order valence-corrected chi connectivity index (χ0v) is 20.8. The molecule has 0 amide bonds. The second-order valence-electron chi connectivity index (χ2n) is 9.19. The number of anilines is 1. The predicted molar refractivity (Wildman–Crippen MR) is 139 cm³/mol. The molecule has 1 saturated heterocycles. The van der Waals surface area contributed by atoms with Crippen molar-refractivity contribution in [3.8, 4) is 17.6 Å². The lowest BCUT2D eigenvalue weighted by atomic mass is 10.0. The van der Waals surface area contributed by atoms with E-state index in [9.17, 15) is 0 Å². The van der Waals surface area contributed by atoms with Crippen molar-refractivity contribution in [2.75, 3.05) is 46.2 Å². The molecule has 0 saturated carbocycles. The molecular formula is C28H35N5O. The SMILES string of the molecule is CCc1nnc(NC2CCN(Cc3ccc(C#CCN(C)C)cc3)CC2)c2cc(OC)ccc12. The maximum absolute atomic E-state index is 5.46. The first-order chi connectivity index (χ1) is 16.6. The van der Waals surface area contributed by atoms with Gasteiger partial charge in [-0.05, 0) is 69.3 Å². The van der Waals surface area contributed by atoms with Crippen molar-refractivity contribution in [1.82, 2.24) is 20.0 Å². The number of fused-ring (bicyclic) bond motifs is 1. The average Bonchev–Trinajstić information content (AvgIpc) is 2.86. The molecule has 0 atom stereocenters. The molecule has 1 aromatic heterocycles. The zero-order valence-electron chi connectivity index (χ0n) is 20.8. The number of ether oxygens (including phenoxy) is 1. The maximum atomic E-state index is 5.46. The molecule has 0 spiro atoms. The van der Waals surface area contributed by atoms with E-state index in [1.807, 2.05) is 20.2 Å². The quantitative estimate of drug-likeness (QED) is 0.537. The molecule has 1 aliphatic rings. The Labute approximate surface area is 203 Å². The Kier molecular flexibility index (Phi) is 7.99. The van der Waals surface area contributed by atoms with E-state index in [1.165, 1.54) is 5.56 Å². The van der Waals surface area contributed by atoms with Crippen molar-refractivity contribution >= 4 is 16.6 Å². The molecule has 1 fully saturated rings. The van der Waals surface area contributed by atoms with Gasteiger partial charge in [-0.3, -0.25) is 9.80 Å². The second-order valence-corrected chi connectivity index (χ2v) is 9.19. The molecule has 2 aromatic carbocycles. The Balaban J connectivity index is 1.34. The van der Waals surface area contributed by atoms with Gasteiger partial charge in [0.1, 0.15) is 5.75 Å². The number of piperidine rings is 1. The summed E-state index contributed by atoms with van der Waals surface area (Å²) < 4.78 is 5.46. The largest absolute Gasteiger partial charge is 0.497 e. The summed E-state index contributed by atoms with van der Waals surface area (Å²) in [6.07, 6.45) is 3.02. The number of nitrogens with one attached hydrogen (secondary N) is 1. The predicted octanol–water partition coefficient (Wildman–Crippen LogP) is 4.19. The molecule has 6 nitrogen and oxygen atoms in total. The average molecular weight is 458 g/mol. The molecule has 0 aliphatic carbocycles. The van der Waals surface area contributed by atoms with E-state index in [-0.39, 0.29) is 0 Å². The van der Waals surface area contributed by atoms with E-state index >= 15 is 0 Å².